The summed E-state index contributed by atoms with van der Waals surface area (Å²) in [4.78, 5) is 10.3. The van der Waals surface area contributed by atoms with Crippen LogP contribution in [0.25, 0.3) is 0 Å². The summed E-state index contributed by atoms with van der Waals surface area (Å²) in [7, 11) is -3.94. The number of halogens is 1. The van der Waals surface area contributed by atoms with Gasteiger partial charge in [0.05, 0.1) is 16.9 Å². The van der Waals surface area contributed by atoms with Crippen molar-refractivity contribution in [3.05, 3.63) is 29.6 Å². The molecule has 0 saturated carbocycles. The Bertz CT molecular complexity index is 652. The second-order valence-corrected chi connectivity index (χ2v) is 5.83. The zero-order chi connectivity index (χ0) is 15.3. The number of rotatable bonds is 6. The zero-order valence-corrected chi connectivity index (χ0v) is 11.5. The Labute approximate surface area is 116 Å². The molecule has 0 atom stereocenters. The Morgan fingerprint density at radius 2 is 2.15 bits per heavy atom. The molecule has 0 fully saturated rings. The monoisotopic (exact) mass is 300 g/mol. The molecule has 0 spiro atoms. The standard InChI is InChI=1S/C12H13FN2O4S/c1-2-15(6-5-12(16)17)20(18,19)10-3-4-11(13)9(7-10)8-14/h3-4,7H,2,5-6H2,1H3,(H,16,17). The van der Waals surface area contributed by atoms with Gasteiger partial charge in [0.15, 0.2) is 0 Å². The molecule has 1 rings (SSSR count). The molecular weight excluding hydrogens is 287 g/mol. The van der Waals surface area contributed by atoms with Crippen molar-refractivity contribution in [2.24, 2.45) is 0 Å². The molecule has 0 unspecified atom stereocenters. The first-order valence-electron chi connectivity index (χ1n) is 5.74. The van der Waals surface area contributed by atoms with Crippen LogP contribution in [0.1, 0.15) is 18.9 Å². The van der Waals surface area contributed by atoms with Gasteiger partial charge < -0.3 is 5.11 Å². The average Bonchev–Trinajstić information content (AvgIpc) is 2.39. The van der Waals surface area contributed by atoms with Crippen molar-refractivity contribution in [2.75, 3.05) is 13.1 Å². The highest BCUT2D eigenvalue weighted by atomic mass is 32.2. The number of carboxylic acid groups (broad SMARTS) is 1. The SMILES string of the molecule is CCN(CCC(=O)O)S(=O)(=O)c1ccc(F)c(C#N)c1. The van der Waals surface area contributed by atoms with Crippen LogP contribution in [0.3, 0.4) is 0 Å². The number of carboxylic acids is 1. The number of nitrogens with zero attached hydrogens (tertiary/aromatic N) is 2. The van der Waals surface area contributed by atoms with Crippen LogP contribution in [-0.4, -0.2) is 36.9 Å². The molecule has 1 aromatic rings. The number of benzene rings is 1. The molecule has 0 aliphatic rings. The summed E-state index contributed by atoms with van der Waals surface area (Å²) in [6, 6.07) is 4.45. The third kappa shape index (κ3) is 3.53. The molecule has 0 radical (unpaired) electrons. The summed E-state index contributed by atoms with van der Waals surface area (Å²) in [5.41, 5.74) is -0.375. The van der Waals surface area contributed by atoms with Gasteiger partial charge in [-0.05, 0) is 18.2 Å². The molecule has 1 N–H and O–H groups in total. The molecule has 0 aromatic heterocycles. The fraction of sp³-hybridized carbons (Fsp3) is 0.333. The molecule has 20 heavy (non-hydrogen) atoms. The maximum Gasteiger partial charge on any atom is 0.304 e. The number of aliphatic carboxylic acids is 1. The van der Waals surface area contributed by atoms with E-state index in [1.54, 1.807) is 13.0 Å². The van der Waals surface area contributed by atoms with Crippen molar-refractivity contribution in [2.45, 2.75) is 18.2 Å². The molecule has 1 aromatic carbocycles. The van der Waals surface area contributed by atoms with Gasteiger partial charge in [0.25, 0.3) is 0 Å². The van der Waals surface area contributed by atoms with E-state index in [4.69, 9.17) is 10.4 Å². The van der Waals surface area contributed by atoms with Gasteiger partial charge in [0, 0.05) is 13.1 Å². The van der Waals surface area contributed by atoms with Gasteiger partial charge >= 0.3 is 5.97 Å². The smallest absolute Gasteiger partial charge is 0.304 e. The van der Waals surface area contributed by atoms with E-state index in [2.05, 4.69) is 0 Å². The van der Waals surface area contributed by atoms with E-state index in [0.29, 0.717) is 0 Å². The molecule has 108 valence electrons. The first kappa shape index (κ1) is 16.1. The van der Waals surface area contributed by atoms with Crippen LogP contribution in [0.2, 0.25) is 0 Å². The molecular formula is C12H13FN2O4S. The van der Waals surface area contributed by atoms with Crippen LogP contribution in [0.4, 0.5) is 4.39 Å². The summed E-state index contributed by atoms with van der Waals surface area (Å²) in [5, 5.41) is 17.3. The summed E-state index contributed by atoms with van der Waals surface area (Å²) < 4.78 is 38.7. The fourth-order valence-corrected chi connectivity index (χ4v) is 3.04. The van der Waals surface area contributed by atoms with Gasteiger partial charge in [0.1, 0.15) is 11.9 Å². The van der Waals surface area contributed by atoms with Crippen LogP contribution in [0.15, 0.2) is 23.1 Å². The van der Waals surface area contributed by atoms with E-state index in [9.17, 15) is 17.6 Å². The third-order valence-corrected chi connectivity index (χ3v) is 4.59. The van der Waals surface area contributed by atoms with Crippen molar-refractivity contribution >= 4 is 16.0 Å². The minimum absolute atomic E-state index is 0.0783. The Hall–Kier alpha value is -1.98. The van der Waals surface area contributed by atoms with Crippen molar-refractivity contribution in [3.8, 4) is 6.07 Å². The molecule has 0 heterocycles. The van der Waals surface area contributed by atoms with Crippen molar-refractivity contribution in [3.63, 3.8) is 0 Å². The lowest BCUT2D eigenvalue weighted by molar-refractivity contribution is -0.137. The Balaban J connectivity index is 3.14. The zero-order valence-electron chi connectivity index (χ0n) is 10.7. The van der Waals surface area contributed by atoms with Crippen molar-refractivity contribution < 1.29 is 22.7 Å². The van der Waals surface area contributed by atoms with Crippen LogP contribution in [0, 0.1) is 17.1 Å². The number of hydrogen-bond donors (Lipinski definition) is 1. The largest absolute Gasteiger partial charge is 0.481 e. The maximum absolute atomic E-state index is 13.2. The lowest BCUT2D eigenvalue weighted by atomic mass is 10.2. The van der Waals surface area contributed by atoms with E-state index in [-0.39, 0.29) is 30.0 Å². The predicted molar refractivity (Wildman–Crippen MR) is 67.8 cm³/mol. The third-order valence-electron chi connectivity index (χ3n) is 2.62. The van der Waals surface area contributed by atoms with Crippen LogP contribution >= 0.6 is 0 Å². The Morgan fingerprint density at radius 1 is 1.50 bits per heavy atom. The second kappa shape index (κ2) is 6.45. The van der Waals surface area contributed by atoms with Gasteiger partial charge in [-0.15, -0.1) is 0 Å². The predicted octanol–water partition coefficient (Wildman–Crippen LogP) is 1.18. The minimum atomic E-state index is -3.94. The first-order valence-corrected chi connectivity index (χ1v) is 7.18. The lowest BCUT2D eigenvalue weighted by Crippen LogP contribution is -2.33. The fourth-order valence-electron chi connectivity index (χ4n) is 1.57. The van der Waals surface area contributed by atoms with E-state index in [1.807, 2.05) is 0 Å². The highest BCUT2D eigenvalue weighted by molar-refractivity contribution is 7.89. The van der Waals surface area contributed by atoms with Crippen molar-refractivity contribution in [1.29, 1.82) is 5.26 Å². The quantitative estimate of drug-likeness (QED) is 0.850. The minimum Gasteiger partial charge on any atom is -0.481 e. The molecule has 0 aliphatic heterocycles. The number of hydrogen-bond acceptors (Lipinski definition) is 4. The first-order chi connectivity index (χ1) is 9.32. The molecule has 0 saturated heterocycles. The second-order valence-electron chi connectivity index (χ2n) is 3.89. The molecule has 0 aliphatic carbocycles. The molecule has 8 heteroatoms. The average molecular weight is 300 g/mol. The molecule has 6 nitrogen and oxygen atoms in total. The van der Waals surface area contributed by atoms with Gasteiger partial charge in [0.2, 0.25) is 10.0 Å². The van der Waals surface area contributed by atoms with Crippen LogP contribution in [0.5, 0.6) is 0 Å². The Kier molecular flexibility index (Phi) is 5.19. The van der Waals surface area contributed by atoms with E-state index in [0.717, 1.165) is 22.5 Å². The van der Waals surface area contributed by atoms with E-state index in [1.165, 1.54) is 0 Å². The van der Waals surface area contributed by atoms with E-state index < -0.39 is 21.8 Å². The summed E-state index contributed by atoms with van der Waals surface area (Å²) >= 11 is 0. The summed E-state index contributed by atoms with van der Waals surface area (Å²) in [6.45, 7) is 1.45. The van der Waals surface area contributed by atoms with E-state index >= 15 is 0 Å². The van der Waals surface area contributed by atoms with Gasteiger partial charge in [-0.1, -0.05) is 6.92 Å². The lowest BCUT2D eigenvalue weighted by Gasteiger charge is -2.19. The Morgan fingerprint density at radius 3 is 2.65 bits per heavy atom. The highest BCUT2D eigenvalue weighted by Crippen LogP contribution is 2.19. The number of nitriles is 1. The number of carbonyl (C=O) groups is 1. The van der Waals surface area contributed by atoms with Crippen LogP contribution in [-0.2, 0) is 14.8 Å². The van der Waals surface area contributed by atoms with Crippen LogP contribution < -0.4 is 0 Å². The number of sulfonamides is 1. The summed E-state index contributed by atoms with van der Waals surface area (Å²) in [5.74, 6) is -1.92. The normalized spacial score (nSPS) is 11.3. The highest BCUT2D eigenvalue weighted by Gasteiger charge is 2.24. The summed E-state index contributed by atoms with van der Waals surface area (Å²) in [6.07, 6.45) is -0.334. The topological polar surface area (TPSA) is 98.5 Å². The molecule has 0 bridgehead atoms. The van der Waals surface area contributed by atoms with Gasteiger partial charge in [-0.3, -0.25) is 4.79 Å². The molecule has 0 amide bonds. The van der Waals surface area contributed by atoms with Gasteiger partial charge in [-0.2, -0.15) is 9.57 Å². The maximum atomic E-state index is 13.2. The van der Waals surface area contributed by atoms with Gasteiger partial charge in [-0.25, -0.2) is 12.8 Å². The van der Waals surface area contributed by atoms with Crippen molar-refractivity contribution in [1.82, 2.24) is 4.31 Å².